The molecule has 5 nitrogen and oxygen atoms in total. The summed E-state index contributed by atoms with van der Waals surface area (Å²) in [5, 5.41) is 0. The first-order valence-electron chi connectivity index (χ1n) is 3.74. The quantitative estimate of drug-likeness (QED) is 0.728. The molecule has 1 aromatic heterocycles. The monoisotopic (exact) mass is 204 g/mol. The summed E-state index contributed by atoms with van der Waals surface area (Å²) in [5.41, 5.74) is 6.33. The molecule has 0 radical (unpaired) electrons. The summed E-state index contributed by atoms with van der Waals surface area (Å²) < 4.78 is 21.3. The van der Waals surface area contributed by atoms with E-state index < -0.39 is 13.4 Å². The van der Waals surface area contributed by atoms with Gasteiger partial charge in [0.15, 0.2) is 0 Å². The summed E-state index contributed by atoms with van der Waals surface area (Å²) in [6, 6.07) is 3.50. The molecule has 0 saturated carbocycles. The van der Waals surface area contributed by atoms with E-state index in [1.54, 1.807) is 18.3 Å². The minimum atomic E-state index is -3.21. The fraction of sp³-hybridized carbons (Fsp3) is 0.429. The van der Waals surface area contributed by atoms with Crippen molar-refractivity contribution in [1.82, 2.24) is 4.98 Å². The second-order valence-electron chi connectivity index (χ2n) is 2.48. The van der Waals surface area contributed by atoms with Gasteiger partial charge < -0.3 is 19.8 Å². The van der Waals surface area contributed by atoms with Crippen molar-refractivity contribution in [1.29, 1.82) is 0 Å². The number of aromatic nitrogens is 1. The highest BCUT2D eigenvalue weighted by molar-refractivity contribution is 7.54. The van der Waals surface area contributed by atoms with E-state index >= 15 is 0 Å². The number of H-pyrrole nitrogens is 1. The minimum Gasteiger partial charge on any atom is -0.363 e. The Balaban J connectivity index is 2.89. The Kier molecular flexibility index (Phi) is 3.27. The van der Waals surface area contributed by atoms with Gasteiger partial charge in [-0.05, 0) is 12.1 Å². The lowest BCUT2D eigenvalue weighted by Gasteiger charge is -2.19. The molecule has 1 rings (SSSR count). The van der Waals surface area contributed by atoms with E-state index in [9.17, 15) is 4.57 Å². The van der Waals surface area contributed by atoms with Crippen LogP contribution in [0, 0.1) is 0 Å². The average Bonchev–Trinajstić information content (AvgIpc) is 2.68. The first kappa shape index (κ1) is 10.5. The van der Waals surface area contributed by atoms with Crippen molar-refractivity contribution >= 4 is 7.60 Å². The largest absolute Gasteiger partial charge is 0.363 e. The fourth-order valence-electron chi connectivity index (χ4n) is 1.00. The molecule has 0 saturated heterocycles. The van der Waals surface area contributed by atoms with E-state index in [4.69, 9.17) is 14.8 Å². The molecule has 1 heterocycles. The van der Waals surface area contributed by atoms with Gasteiger partial charge >= 0.3 is 7.60 Å². The summed E-state index contributed by atoms with van der Waals surface area (Å²) in [5.74, 6) is -0.766. The molecule has 0 aliphatic carbocycles. The first-order valence-corrected chi connectivity index (χ1v) is 5.35. The fourth-order valence-corrected chi connectivity index (χ4v) is 2.10. The molecular formula is C7H13N2O3P. The van der Waals surface area contributed by atoms with Crippen LogP contribution in [0.5, 0.6) is 0 Å². The van der Waals surface area contributed by atoms with Crippen LogP contribution >= 0.6 is 7.60 Å². The summed E-state index contributed by atoms with van der Waals surface area (Å²) in [6.45, 7) is 0. The Labute approximate surface area is 76.8 Å². The van der Waals surface area contributed by atoms with Crippen LogP contribution in [-0.4, -0.2) is 19.2 Å². The van der Waals surface area contributed by atoms with E-state index in [2.05, 4.69) is 4.98 Å². The molecule has 1 aromatic rings. The molecule has 0 fully saturated rings. The predicted molar refractivity (Wildman–Crippen MR) is 49.3 cm³/mol. The SMILES string of the molecule is COP(=O)(OC)C(N)c1ccc[nH]1. The van der Waals surface area contributed by atoms with Crippen molar-refractivity contribution in [2.75, 3.05) is 14.2 Å². The second-order valence-corrected chi connectivity index (χ2v) is 4.84. The molecule has 0 bridgehead atoms. The lowest BCUT2D eigenvalue weighted by Crippen LogP contribution is -2.13. The molecule has 0 aliphatic heterocycles. The lowest BCUT2D eigenvalue weighted by molar-refractivity contribution is 0.266. The topological polar surface area (TPSA) is 77.3 Å². The number of nitrogens with two attached hydrogens (primary N) is 1. The molecule has 0 aliphatic rings. The van der Waals surface area contributed by atoms with Crippen molar-refractivity contribution in [2.24, 2.45) is 5.73 Å². The maximum Gasteiger partial charge on any atom is 0.352 e. The molecule has 74 valence electrons. The van der Waals surface area contributed by atoms with Gasteiger partial charge in [0, 0.05) is 26.1 Å². The van der Waals surface area contributed by atoms with Gasteiger partial charge in [-0.3, -0.25) is 4.57 Å². The highest BCUT2D eigenvalue weighted by Gasteiger charge is 2.32. The third-order valence-electron chi connectivity index (χ3n) is 1.79. The van der Waals surface area contributed by atoms with E-state index in [-0.39, 0.29) is 0 Å². The highest BCUT2D eigenvalue weighted by atomic mass is 31.2. The van der Waals surface area contributed by atoms with Crippen molar-refractivity contribution in [3.8, 4) is 0 Å². The van der Waals surface area contributed by atoms with Crippen molar-refractivity contribution in [3.63, 3.8) is 0 Å². The van der Waals surface area contributed by atoms with Gasteiger partial charge in [0.2, 0.25) is 0 Å². The van der Waals surface area contributed by atoms with Gasteiger partial charge in [-0.15, -0.1) is 0 Å². The maximum atomic E-state index is 11.8. The van der Waals surface area contributed by atoms with Crippen molar-refractivity contribution in [3.05, 3.63) is 24.0 Å². The van der Waals surface area contributed by atoms with E-state index in [0.717, 1.165) is 0 Å². The van der Waals surface area contributed by atoms with Crippen LogP contribution in [0.4, 0.5) is 0 Å². The molecule has 0 aromatic carbocycles. The van der Waals surface area contributed by atoms with Crippen LogP contribution in [0.3, 0.4) is 0 Å². The van der Waals surface area contributed by atoms with Gasteiger partial charge in [-0.1, -0.05) is 0 Å². The zero-order valence-corrected chi connectivity index (χ0v) is 8.45. The first-order chi connectivity index (χ1) is 6.14. The van der Waals surface area contributed by atoms with Crippen molar-refractivity contribution in [2.45, 2.75) is 5.78 Å². The van der Waals surface area contributed by atoms with E-state index in [0.29, 0.717) is 5.69 Å². The van der Waals surface area contributed by atoms with Crippen molar-refractivity contribution < 1.29 is 13.6 Å². The smallest absolute Gasteiger partial charge is 0.352 e. The Morgan fingerprint density at radius 1 is 1.54 bits per heavy atom. The Hall–Kier alpha value is -0.610. The molecule has 3 N–H and O–H groups in total. The number of aromatic amines is 1. The predicted octanol–water partition coefficient (Wildman–Crippen LogP) is 1.46. The number of rotatable bonds is 4. The molecule has 6 heteroatoms. The van der Waals surface area contributed by atoms with Crippen LogP contribution in [0.2, 0.25) is 0 Å². The van der Waals surface area contributed by atoms with Crippen LogP contribution in [0.15, 0.2) is 18.3 Å². The van der Waals surface area contributed by atoms with Crippen LogP contribution < -0.4 is 5.73 Å². The summed E-state index contributed by atoms with van der Waals surface area (Å²) in [4.78, 5) is 2.85. The molecule has 1 unspecified atom stereocenters. The molecule has 13 heavy (non-hydrogen) atoms. The molecule has 1 atom stereocenters. The number of nitrogens with one attached hydrogen (secondary N) is 1. The number of hydrogen-bond donors (Lipinski definition) is 2. The third kappa shape index (κ3) is 2.00. The van der Waals surface area contributed by atoms with Crippen LogP contribution in [0.1, 0.15) is 11.5 Å². The van der Waals surface area contributed by atoms with Gasteiger partial charge in [-0.25, -0.2) is 0 Å². The van der Waals surface area contributed by atoms with E-state index in [1.807, 2.05) is 0 Å². The zero-order valence-electron chi connectivity index (χ0n) is 7.56. The summed E-state index contributed by atoms with van der Waals surface area (Å²) in [6.07, 6.45) is 1.70. The summed E-state index contributed by atoms with van der Waals surface area (Å²) >= 11 is 0. The third-order valence-corrected chi connectivity index (χ3v) is 3.77. The second kappa shape index (κ2) is 4.07. The van der Waals surface area contributed by atoms with Crippen LogP contribution in [0.25, 0.3) is 0 Å². The Morgan fingerprint density at radius 2 is 2.15 bits per heavy atom. The van der Waals surface area contributed by atoms with Gasteiger partial charge in [0.05, 0.1) is 0 Å². The minimum absolute atomic E-state index is 0.632. The molecule has 0 spiro atoms. The lowest BCUT2D eigenvalue weighted by atomic mass is 10.4. The maximum absolute atomic E-state index is 11.8. The zero-order chi connectivity index (χ0) is 9.90. The van der Waals surface area contributed by atoms with E-state index in [1.165, 1.54) is 14.2 Å². The molecular weight excluding hydrogens is 191 g/mol. The van der Waals surface area contributed by atoms with Gasteiger partial charge in [0.25, 0.3) is 0 Å². The summed E-state index contributed by atoms with van der Waals surface area (Å²) in [7, 11) is -0.589. The standard InChI is InChI=1S/C7H13N2O3P/c1-11-13(10,12-2)7(8)6-4-3-5-9-6/h3-5,7,9H,8H2,1-2H3. The normalized spacial score (nSPS) is 14.4. The highest BCUT2D eigenvalue weighted by Crippen LogP contribution is 2.56. The van der Waals surface area contributed by atoms with Gasteiger partial charge in [-0.2, -0.15) is 0 Å². The van der Waals surface area contributed by atoms with Crippen LogP contribution in [-0.2, 0) is 13.6 Å². The Bertz CT molecular complexity index is 291. The number of hydrogen-bond acceptors (Lipinski definition) is 4. The van der Waals surface area contributed by atoms with Gasteiger partial charge in [0.1, 0.15) is 5.78 Å². The molecule has 0 amide bonds. The average molecular weight is 204 g/mol. The Morgan fingerprint density at radius 3 is 2.54 bits per heavy atom.